The lowest BCUT2D eigenvalue weighted by molar-refractivity contribution is -0.139. The fourth-order valence-corrected chi connectivity index (χ4v) is 1.40. The number of nitrogens with two attached hydrogens (primary N) is 1. The molecule has 8 nitrogen and oxygen atoms in total. The fourth-order valence-electron chi connectivity index (χ4n) is 1.40. The zero-order valence-corrected chi connectivity index (χ0v) is 11.5. The predicted molar refractivity (Wildman–Crippen MR) is 67.3 cm³/mol. The van der Waals surface area contributed by atoms with Gasteiger partial charge in [-0.3, -0.25) is 9.59 Å². The largest absolute Gasteiger partial charge is 0.453 e. The van der Waals surface area contributed by atoms with Gasteiger partial charge in [-0.05, 0) is 6.42 Å². The first-order chi connectivity index (χ1) is 8.93. The third-order valence-corrected chi connectivity index (χ3v) is 2.54. The normalized spacial score (nSPS) is 11.5. The van der Waals surface area contributed by atoms with E-state index in [1.165, 1.54) is 26.2 Å². The topological polar surface area (TPSA) is 111 Å². The van der Waals surface area contributed by atoms with Crippen LogP contribution in [0.2, 0.25) is 0 Å². The smallest absolute Gasteiger partial charge is 0.406 e. The lowest BCUT2D eigenvalue weighted by Crippen LogP contribution is -2.48. The zero-order chi connectivity index (χ0) is 14.8. The van der Waals surface area contributed by atoms with Crippen molar-refractivity contribution < 1.29 is 23.9 Å². The van der Waals surface area contributed by atoms with Crippen LogP contribution in [0, 0.1) is 0 Å². The molecule has 0 saturated carbocycles. The van der Waals surface area contributed by atoms with Gasteiger partial charge in [-0.25, -0.2) is 4.79 Å². The highest BCUT2D eigenvalue weighted by atomic mass is 16.5. The summed E-state index contributed by atoms with van der Waals surface area (Å²) >= 11 is 0. The summed E-state index contributed by atoms with van der Waals surface area (Å²) in [7, 11) is 4.18. The van der Waals surface area contributed by atoms with Gasteiger partial charge < -0.3 is 25.4 Å². The number of hydrogen-bond acceptors (Lipinski definition) is 5. The van der Waals surface area contributed by atoms with Crippen molar-refractivity contribution in [2.24, 2.45) is 5.73 Å². The molecule has 3 amide bonds. The van der Waals surface area contributed by atoms with E-state index < -0.39 is 18.0 Å². The number of rotatable bonds is 8. The first-order valence-corrected chi connectivity index (χ1v) is 5.79. The van der Waals surface area contributed by atoms with E-state index in [4.69, 9.17) is 10.5 Å². The summed E-state index contributed by atoms with van der Waals surface area (Å²) in [5.41, 5.74) is 5.19. The van der Waals surface area contributed by atoms with Crippen LogP contribution in [0.15, 0.2) is 0 Å². The maximum atomic E-state index is 11.8. The van der Waals surface area contributed by atoms with Gasteiger partial charge in [0.05, 0.1) is 13.7 Å². The number of carbonyl (C=O) groups is 3. The van der Waals surface area contributed by atoms with Crippen molar-refractivity contribution in [3.63, 3.8) is 0 Å². The summed E-state index contributed by atoms with van der Waals surface area (Å²) < 4.78 is 9.22. The molecular formula is C11H21N3O5. The molecule has 110 valence electrons. The average molecular weight is 275 g/mol. The van der Waals surface area contributed by atoms with Crippen molar-refractivity contribution in [3.05, 3.63) is 0 Å². The molecule has 0 rings (SSSR count). The van der Waals surface area contributed by atoms with Gasteiger partial charge in [-0.15, -0.1) is 0 Å². The second kappa shape index (κ2) is 9.15. The van der Waals surface area contributed by atoms with Gasteiger partial charge in [-0.1, -0.05) is 0 Å². The standard InChI is InChI=1S/C11H21N3O5/c1-14(8(7-18-2)10(12)16)9(15)5-4-6-13-11(17)19-3/h8H,4-7H2,1-3H3,(H2,12,16)(H,13,17)/t8-/m0/s1. The fraction of sp³-hybridized carbons (Fsp3) is 0.727. The minimum absolute atomic E-state index is 0.0536. The Kier molecular flexibility index (Phi) is 8.27. The third kappa shape index (κ3) is 6.61. The molecule has 0 aliphatic rings. The van der Waals surface area contributed by atoms with Crippen LogP contribution in [0.3, 0.4) is 0 Å². The molecule has 3 N–H and O–H groups in total. The van der Waals surface area contributed by atoms with E-state index in [0.29, 0.717) is 13.0 Å². The third-order valence-electron chi connectivity index (χ3n) is 2.54. The molecule has 8 heteroatoms. The molecule has 1 atom stereocenters. The summed E-state index contributed by atoms with van der Waals surface area (Å²) in [6, 6.07) is -0.786. The Morgan fingerprint density at radius 2 is 1.95 bits per heavy atom. The quantitative estimate of drug-likeness (QED) is 0.557. The molecule has 0 unspecified atom stereocenters. The van der Waals surface area contributed by atoms with Gasteiger partial charge >= 0.3 is 6.09 Å². The number of nitrogens with zero attached hydrogens (tertiary/aromatic N) is 1. The highest BCUT2D eigenvalue weighted by Crippen LogP contribution is 2.02. The molecule has 0 aliphatic heterocycles. The van der Waals surface area contributed by atoms with Crippen molar-refractivity contribution in [3.8, 4) is 0 Å². The molecule has 0 aliphatic carbocycles. The summed E-state index contributed by atoms with van der Waals surface area (Å²) in [5.74, 6) is -0.863. The van der Waals surface area contributed by atoms with Gasteiger partial charge in [0.1, 0.15) is 6.04 Å². The number of likely N-dealkylation sites (N-methyl/N-ethyl adjacent to an activating group) is 1. The second-order valence-electron chi connectivity index (χ2n) is 3.90. The Morgan fingerprint density at radius 1 is 1.32 bits per heavy atom. The molecule has 19 heavy (non-hydrogen) atoms. The van der Waals surface area contributed by atoms with Crippen LogP contribution in [0.1, 0.15) is 12.8 Å². The van der Waals surface area contributed by atoms with Gasteiger partial charge in [0, 0.05) is 27.1 Å². The molecule has 0 radical (unpaired) electrons. The molecule has 0 spiro atoms. The lowest BCUT2D eigenvalue weighted by Gasteiger charge is -2.25. The molecular weight excluding hydrogens is 254 g/mol. The Hall–Kier alpha value is -1.83. The Labute approximate surface area is 112 Å². The van der Waals surface area contributed by atoms with Gasteiger partial charge in [0.25, 0.3) is 0 Å². The first kappa shape index (κ1) is 17.2. The molecule has 0 aromatic rings. The van der Waals surface area contributed by atoms with Crippen molar-refractivity contribution in [2.45, 2.75) is 18.9 Å². The van der Waals surface area contributed by atoms with Crippen molar-refractivity contribution in [1.82, 2.24) is 10.2 Å². The van der Waals surface area contributed by atoms with E-state index in [1.807, 2.05) is 0 Å². The molecule has 0 heterocycles. The molecule has 0 fully saturated rings. The predicted octanol–water partition coefficient (Wildman–Crippen LogP) is -0.919. The van der Waals surface area contributed by atoms with Crippen molar-refractivity contribution >= 4 is 17.9 Å². The summed E-state index contributed by atoms with van der Waals surface area (Å²) in [4.78, 5) is 35.0. The van der Waals surface area contributed by atoms with Gasteiger partial charge in [0.2, 0.25) is 11.8 Å². The number of nitrogens with one attached hydrogen (secondary N) is 1. The highest BCUT2D eigenvalue weighted by Gasteiger charge is 2.24. The number of alkyl carbamates (subject to hydrolysis) is 1. The number of methoxy groups -OCH3 is 2. The Bertz CT molecular complexity index is 321. The van der Waals surface area contributed by atoms with Crippen LogP contribution >= 0.6 is 0 Å². The second-order valence-corrected chi connectivity index (χ2v) is 3.90. The van der Waals surface area contributed by atoms with E-state index in [9.17, 15) is 14.4 Å². The van der Waals surface area contributed by atoms with Crippen LogP contribution in [-0.4, -0.2) is 63.3 Å². The van der Waals surface area contributed by atoms with Crippen LogP contribution in [-0.2, 0) is 19.1 Å². The summed E-state index contributed by atoms with van der Waals surface area (Å²) in [6.07, 6.45) is 0.0836. The number of carbonyl (C=O) groups excluding carboxylic acids is 3. The highest BCUT2D eigenvalue weighted by molar-refractivity contribution is 5.86. The number of amides is 3. The number of hydrogen-bond donors (Lipinski definition) is 2. The summed E-state index contributed by atoms with van der Waals surface area (Å²) in [6.45, 7) is 0.371. The zero-order valence-electron chi connectivity index (χ0n) is 11.5. The van der Waals surface area contributed by atoms with E-state index in [-0.39, 0.29) is 18.9 Å². The molecule has 0 aromatic carbocycles. The van der Waals surface area contributed by atoms with Gasteiger partial charge in [-0.2, -0.15) is 0 Å². The molecule has 0 saturated heterocycles. The average Bonchev–Trinajstić information content (AvgIpc) is 2.39. The van der Waals surface area contributed by atoms with Crippen LogP contribution < -0.4 is 11.1 Å². The van der Waals surface area contributed by atoms with E-state index in [1.54, 1.807) is 0 Å². The van der Waals surface area contributed by atoms with E-state index >= 15 is 0 Å². The van der Waals surface area contributed by atoms with Crippen LogP contribution in [0.5, 0.6) is 0 Å². The first-order valence-electron chi connectivity index (χ1n) is 5.79. The number of ether oxygens (including phenoxy) is 2. The van der Waals surface area contributed by atoms with Crippen LogP contribution in [0.4, 0.5) is 4.79 Å². The van der Waals surface area contributed by atoms with Crippen molar-refractivity contribution in [2.75, 3.05) is 34.4 Å². The maximum Gasteiger partial charge on any atom is 0.406 e. The van der Waals surface area contributed by atoms with Crippen LogP contribution in [0.25, 0.3) is 0 Å². The van der Waals surface area contributed by atoms with Gasteiger partial charge in [0.15, 0.2) is 0 Å². The van der Waals surface area contributed by atoms with E-state index in [2.05, 4.69) is 10.1 Å². The van der Waals surface area contributed by atoms with E-state index in [0.717, 1.165) is 0 Å². The molecule has 0 aromatic heterocycles. The monoisotopic (exact) mass is 275 g/mol. The maximum absolute atomic E-state index is 11.8. The number of primary amides is 1. The Balaban J connectivity index is 4.11. The van der Waals surface area contributed by atoms with Crippen molar-refractivity contribution in [1.29, 1.82) is 0 Å². The lowest BCUT2D eigenvalue weighted by atomic mass is 10.2. The molecule has 0 bridgehead atoms. The minimum Gasteiger partial charge on any atom is -0.453 e. The SMILES string of the molecule is COC[C@@H](C(N)=O)N(C)C(=O)CCCNC(=O)OC. The minimum atomic E-state index is -0.786. The Morgan fingerprint density at radius 3 is 2.42 bits per heavy atom. The summed E-state index contributed by atoms with van der Waals surface area (Å²) in [5, 5.41) is 2.46.